The number of halogens is 1. The fraction of sp³-hybridized carbons (Fsp3) is 0.300. The third-order valence-electron chi connectivity index (χ3n) is 2.48. The Morgan fingerprint density at radius 1 is 1.43 bits per heavy atom. The largest absolute Gasteiger partial charge is 0.480 e. The molecule has 0 radical (unpaired) electrons. The molecule has 0 unspecified atom stereocenters. The lowest BCUT2D eigenvalue weighted by Gasteiger charge is -2.28. The number of carbonyl (C=O) groups is 1. The van der Waals surface area contributed by atoms with Gasteiger partial charge >= 0.3 is 5.97 Å². The highest BCUT2D eigenvalue weighted by atomic mass is 35.5. The maximum atomic E-state index is 10.8. The van der Waals surface area contributed by atoms with Crippen molar-refractivity contribution in [1.82, 2.24) is 4.42 Å². The Morgan fingerprint density at radius 3 is 2.71 bits per heavy atom. The average molecular weight is 212 g/mol. The molecule has 0 spiro atoms. The third-order valence-corrected chi connectivity index (χ3v) is 2.83. The average Bonchev–Trinajstić information content (AvgIpc) is 2.16. The summed E-state index contributed by atoms with van der Waals surface area (Å²) in [5.41, 5.74) is 2.19. The predicted octanol–water partition coefficient (Wildman–Crippen LogP) is 1.65. The van der Waals surface area contributed by atoms with Crippen LogP contribution in [0.4, 0.5) is 0 Å². The SMILES string of the molecule is O=C(O)[C@@H]1Cc2ccccc2CN1Cl. The summed E-state index contributed by atoms with van der Waals surface area (Å²) in [7, 11) is 0. The van der Waals surface area contributed by atoms with E-state index in [1.54, 1.807) is 0 Å². The van der Waals surface area contributed by atoms with Gasteiger partial charge in [-0.1, -0.05) is 24.3 Å². The summed E-state index contributed by atoms with van der Waals surface area (Å²) in [5, 5.41) is 8.91. The molecule has 3 nitrogen and oxygen atoms in total. The summed E-state index contributed by atoms with van der Waals surface area (Å²) >= 11 is 5.86. The molecule has 1 aromatic rings. The van der Waals surface area contributed by atoms with Crippen LogP contribution in [0.25, 0.3) is 0 Å². The van der Waals surface area contributed by atoms with Gasteiger partial charge in [-0.3, -0.25) is 4.79 Å². The van der Waals surface area contributed by atoms with Crippen molar-refractivity contribution in [2.24, 2.45) is 0 Å². The van der Waals surface area contributed by atoms with E-state index in [1.165, 1.54) is 4.42 Å². The fourth-order valence-corrected chi connectivity index (χ4v) is 1.98. The molecule has 1 N–H and O–H groups in total. The van der Waals surface area contributed by atoms with Crippen molar-refractivity contribution in [3.8, 4) is 0 Å². The molecule has 0 aliphatic carbocycles. The van der Waals surface area contributed by atoms with Crippen LogP contribution in [0.1, 0.15) is 11.1 Å². The third kappa shape index (κ3) is 1.61. The lowest BCUT2D eigenvalue weighted by molar-refractivity contribution is -0.141. The van der Waals surface area contributed by atoms with Gasteiger partial charge in [-0.2, -0.15) is 0 Å². The first-order valence-corrected chi connectivity index (χ1v) is 4.74. The van der Waals surface area contributed by atoms with Crippen LogP contribution in [0.3, 0.4) is 0 Å². The minimum Gasteiger partial charge on any atom is -0.480 e. The van der Waals surface area contributed by atoms with E-state index < -0.39 is 12.0 Å². The molecule has 1 aliphatic heterocycles. The van der Waals surface area contributed by atoms with Crippen LogP contribution in [0.15, 0.2) is 24.3 Å². The van der Waals surface area contributed by atoms with E-state index in [0.29, 0.717) is 13.0 Å². The van der Waals surface area contributed by atoms with Gasteiger partial charge in [0.25, 0.3) is 0 Å². The van der Waals surface area contributed by atoms with E-state index in [1.807, 2.05) is 24.3 Å². The maximum absolute atomic E-state index is 10.8. The smallest absolute Gasteiger partial charge is 0.322 e. The van der Waals surface area contributed by atoms with E-state index in [2.05, 4.69) is 0 Å². The summed E-state index contributed by atoms with van der Waals surface area (Å²) in [6, 6.07) is 7.18. The molecule has 0 fully saturated rings. The maximum Gasteiger partial charge on any atom is 0.322 e. The van der Waals surface area contributed by atoms with Crippen molar-refractivity contribution in [1.29, 1.82) is 0 Å². The monoisotopic (exact) mass is 211 g/mol. The molecular formula is C10H10ClNO2. The Hall–Kier alpha value is -1.06. The molecule has 14 heavy (non-hydrogen) atoms. The Labute approximate surface area is 87.0 Å². The van der Waals surface area contributed by atoms with Crippen LogP contribution < -0.4 is 0 Å². The zero-order valence-electron chi connectivity index (χ0n) is 7.48. The van der Waals surface area contributed by atoms with Gasteiger partial charge in [0.2, 0.25) is 0 Å². The topological polar surface area (TPSA) is 40.5 Å². The minimum absolute atomic E-state index is 0.481. The van der Waals surface area contributed by atoms with Gasteiger partial charge in [-0.05, 0) is 22.9 Å². The van der Waals surface area contributed by atoms with Gasteiger partial charge in [0.1, 0.15) is 6.04 Å². The molecule has 0 amide bonds. The standard InChI is InChI=1S/C10H10ClNO2/c11-12-6-8-4-2-1-3-7(8)5-9(12)10(13)14/h1-4,9H,5-6H2,(H,13,14)/t9-/m0/s1. The second-order valence-corrected chi connectivity index (χ2v) is 3.82. The number of hydrogen-bond acceptors (Lipinski definition) is 2. The number of benzene rings is 1. The summed E-state index contributed by atoms with van der Waals surface area (Å²) in [6.45, 7) is 0.495. The summed E-state index contributed by atoms with van der Waals surface area (Å²) in [5.74, 6) is -0.866. The Bertz CT molecular complexity index is 367. The first-order chi connectivity index (χ1) is 6.68. The van der Waals surface area contributed by atoms with Gasteiger partial charge in [-0.15, -0.1) is 0 Å². The van der Waals surface area contributed by atoms with Gasteiger partial charge in [0.15, 0.2) is 0 Å². The molecule has 1 heterocycles. The van der Waals surface area contributed by atoms with Gasteiger partial charge in [0.05, 0.1) is 0 Å². The lowest BCUT2D eigenvalue weighted by Crippen LogP contribution is -2.39. The Morgan fingerprint density at radius 2 is 2.07 bits per heavy atom. The van der Waals surface area contributed by atoms with Crippen LogP contribution >= 0.6 is 11.8 Å². The summed E-state index contributed by atoms with van der Waals surface area (Å²) < 4.78 is 1.35. The molecule has 4 heteroatoms. The van der Waals surface area contributed by atoms with Crippen LogP contribution in [-0.2, 0) is 17.8 Å². The van der Waals surface area contributed by atoms with Gasteiger partial charge in [0, 0.05) is 13.0 Å². The first-order valence-electron chi connectivity index (χ1n) is 4.40. The highest BCUT2D eigenvalue weighted by Crippen LogP contribution is 2.24. The molecule has 0 saturated heterocycles. The molecule has 0 bridgehead atoms. The predicted molar refractivity (Wildman–Crippen MR) is 53.0 cm³/mol. The molecule has 0 aromatic heterocycles. The van der Waals surface area contributed by atoms with E-state index in [4.69, 9.17) is 16.9 Å². The van der Waals surface area contributed by atoms with Crippen molar-refractivity contribution in [2.75, 3.05) is 0 Å². The molecule has 1 aliphatic rings. The van der Waals surface area contributed by atoms with Crippen molar-refractivity contribution in [3.63, 3.8) is 0 Å². The lowest BCUT2D eigenvalue weighted by atomic mass is 9.96. The molecule has 0 saturated carbocycles. The number of nitrogens with zero attached hydrogens (tertiary/aromatic N) is 1. The minimum atomic E-state index is -0.866. The number of carboxylic acids is 1. The zero-order chi connectivity index (χ0) is 10.1. The summed E-state index contributed by atoms with van der Waals surface area (Å²) in [6.07, 6.45) is 0.481. The quantitative estimate of drug-likeness (QED) is 0.719. The molecule has 1 aromatic carbocycles. The van der Waals surface area contributed by atoms with Crippen molar-refractivity contribution in [2.45, 2.75) is 19.0 Å². The highest BCUT2D eigenvalue weighted by molar-refractivity contribution is 6.14. The Kier molecular flexibility index (Phi) is 2.44. The molecular weight excluding hydrogens is 202 g/mol. The van der Waals surface area contributed by atoms with Crippen LogP contribution in [0.5, 0.6) is 0 Å². The second kappa shape index (κ2) is 3.59. The van der Waals surface area contributed by atoms with Crippen molar-refractivity contribution < 1.29 is 9.90 Å². The van der Waals surface area contributed by atoms with Crippen LogP contribution in [-0.4, -0.2) is 21.5 Å². The number of aliphatic carboxylic acids is 1. The highest BCUT2D eigenvalue weighted by Gasteiger charge is 2.29. The van der Waals surface area contributed by atoms with E-state index >= 15 is 0 Å². The van der Waals surface area contributed by atoms with E-state index in [-0.39, 0.29) is 0 Å². The molecule has 74 valence electrons. The fourth-order valence-electron chi connectivity index (χ4n) is 1.70. The van der Waals surface area contributed by atoms with Crippen LogP contribution in [0.2, 0.25) is 0 Å². The second-order valence-electron chi connectivity index (χ2n) is 3.38. The number of fused-ring (bicyclic) bond motifs is 1. The zero-order valence-corrected chi connectivity index (χ0v) is 8.24. The van der Waals surface area contributed by atoms with E-state index in [0.717, 1.165) is 11.1 Å². The number of carboxylic acid groups (broad SMARTS) is 1. The number of hydrogen-bond donors (Lipinski definition) is 1. The Balaban J connectivity index is 2.31. The van der Waals surface area contributed by atoms with Crippen molar-refractivity contribution >= 4 is 17.7 Å². The van der Waals surface area contributed by atoms with Gasteiger partial charge in [-0.25, -0.2) is 4.42 Å². The normalized spacial score (nSPS) is 21.6. The molecule has 1 atom stereocenters. The van der Waals surface area contributed by atoms with E-state index in [9.17, 15) is 4.79 Å². The summed E-state index contributed by atoms with van der Waals surface area (Å²) in [4.78, 5) is 10.8. The number of rotatable bonds is 1. The van der Waals surface area contributed by atoms with Crippen LogP contribution in [0, 0.1) is 0 Å². The first kappa shape index (κ1) is 9.49. The van der Waals surface area contributed by atoms with Gasteiger partial charge < -0.3 is 5.11 Å². The molecule has 2 rings (SSSR count). The van der Waals surface area contributed by atoms with Crippen molar-refractivity contribution in [3.05, 3.63) is 35.4 Å².